The molecule has 0 aromatic heterocycles. The first-order valence-corrected chi connectivity index (χ1v) is 8.03. The van der Waals surface area contributed by atoms with Crippen molar-refractivity contribution >= 4 is 11.7 Å². The van der Waals surface area contributed by atoms with E-state index in [4.69, 9.17) is 9.84 Å². The number of hydrogen-bond acceptors (Lipinski definition) is 3. The molecule has 0 radical (unpaired) electrons. The van der Waals surface area contributed by atoms with Gasteiger partial charge in [0.1, 0.15) is 12.4 Å². The van der Waals surface area contributed by atoms with Crippen molar-refractivity contribution in [1.29, 1.82) is 0 Å². The van der Waals surface area contributed by atoms with Crippen LogP contribution in [0, 0.1) is 6.92 Å². The Kier molecular flexibility index (Phi) is 6.63. The molecule has 0 aliphatic carbocycles. The minimum Gasteiger partial charge on any atom is -0.489 e. The van der Waals surface area contributed by atoms with E-state index in [9.17, 15) is 4.79 Å². The Morgan fingerprint density at radius 2 is 2.00 bits per heavy atom. The summed E-state index contributed by atoms with van der Waals surface area (Å²) in [5.74, 6) is 0.692. The van der Waals surface area contributed by atoms with Crippen LogP contribution in [0.25, 0.3) is 0 Å². The maximum absolute atomic E-state index is 11.9. The second-order valence-corrected chi connectivity index (χ2v) is 5.82. The van der Waals surface area contributed by atoms with E-state index in [1.807, 2.05) is 44.2 Å². The molecule has 0 aliphatic rings. The monoisotopic (exact) mass is 328 g/mol. The summed E-state index contributed by atoms with van der Waals surface area (Å²) in [6, 6.07) is 15.0. The van der Waals surface area contributed by atoms with Crippen molar-refractivity contribution in [3.8, 4) is 5.75 Å². The van der Waals surface area contributed by atoms with Gasteiger partial charge in [-0.1, -0.05) is 35.9 Å². The summed E-state index contributed by atoms with van der Waals surface area (Å²) in [4.78, 5) is 11.9. The number of amides is 2. The highest BCUT2D eigenvalue weighted by atomic mass is 16.5. The highest BCUT2D eigenvalue weighted by molar-refractivity contribution is 5.89. The Balaban J connectivity index is 1.90. The van der Waals surface area contributed by atoms with E-state index in [0.717, 1.165) is 5.56 Å². The van der Waals surface area contributed by atoms with Crippen LogP contribution < -0.4 is 15.4 Å². The lowest BCUT2D eigenvalue weighted by molar-refractivity contribution is 0.241. The normalized spacial score (nSPS) is 11.6. The highest BCUT2D eigenvalue weighted by Gasteiger charge is 2.07. The molecule has 0 aliphatic heterocycles. The Hall–Kier alpha value is -2.53. The lowest BCUT2D eigenvalue weighted by Crippen LogP contribution is -2.36. The molecule has 3 N–H and O–H groups in total. The number of benzene rings is 2. The molecule has 1 atom stereocenters. The molecule has 0 unspecified atom stereocenters. The number of carbonyl (C=O) groups excluding carboxylic acids is 1. The molecule has 0 bridgehead atoms. The summed E-state index contributed by atoms with van der Waals surface area (Å²) in [5, 5.41) is 14.4. The predicted octanol–water partition coefficient (Wildman–Crippen LogP) is 3.47. The molecule has 0 spiro atoms. The second kappa shape index (κ2) is 8.93. The van der Waals surface area contributed by atoms with Crippen LogP contribution in [0.3, 0.4) is 0 Å². The van der Waals surface area contributed by atoms with E-state index in [-0.39, 0.29) is 18.7 Å². The van der Waals surface area contributed by atoms with Crippen molar-refractivity contribution in [2.75, 3.05) is 11.9 Å². The maximum atomic E-state index is 11.9. The SMILES string of the molecule is Cc1cccc(COc2cccc(NC(=O)N[C@H](C)CCO)c2)c1. The number of rotatable bonds is 7. The first-order valence-electron chi connectivity index (χ1n) is 8.03. The molecule has 2 amide bonds. The zero-order valence-electron chi connectivity index (χ0n) is 14.1. The molecule has 0 fully saturated rings. The third-order valence-corrected chi connectivity index (χ3v) is 3.52. The molecule has 5 heteroatoms. The zero-order valence-corrected chi connectivity index (χ0v) is 14.1. The number of carbonyl (C=O) groups is 1. The third kappa shape index (κ3) is 5.93. The van der Waals surface area contributed by atoms with E-state index < -0.39 is 0 Å². The topological polar surface area (TPSA) is 70.6 Å². The van der Waals surface area contributed by atoms with Gasteiger partial charge in [0.15, 0.2) is 0 Å². The number of aliphatic hydroxyl groups excluding tert-OH is 1. The fourth-order valence-electron chi connectivity index (χ4n) is 2.29. The van der Waals surface area contributed by atoms with Crippen molar-refractivity contribution in [3.05, 3.63) is 59.7 Å². The predicted molar refractivity (Wildman–Crippen MR) is 95.3 cm³/mol. The molecule has 2 aromatic rings. The van der Waals surface area contributed by atoms with Gasteiger partial charge in [-0.3, -0.25) is 0 Å². The van der Waals surface area contributed by atoms with Crippen LogP contribution in [-0.2, 0) is 6.61 Å². The van der Waals surface area contributed by atoms with E-state index in [1.54, 1.807) is 12.1 Å². The number of anilines is 1. The first-order chi connectivity index (χ1) is 11.6. The first kappa shape index (κ1) is 17.8. The minimum atomic E-state index is -0.299. The van der Waals surface area contributed by atoms with E-state index >= 15 is 0 Å². The van der Waals surface area contributed by atoms with Crippen molar-refractivity contribution in [2.24, 2.45) is 0 Å². The van der Waals surface area contributed by atoms with Crippen LogP contribution in [0.1, 0.15) is 24.5 Å². The fourth-order valence-corrected chi connectivity index (χ4v) is 2.29. The average molecular weight is 328 g/mol. The van der Waals surface area contributed by atoms with E-state index in [0.29, 0.717) is 24.5 Å². The Morgan fingerprint density at radius 3 is 2.75 bits per heavy atom. The number of hydrogen-bond donors (Lipinski definition) is 3. The third-order valence-electron chi connectivity index (χ3n) is 3.52. The summed E-state index contributed by atoms with van der Waals surface area (Å²) in [5.41, 5.74) is 2.95. The van der Waals surface area contributed by atoms with Gasteiger partial charge in [0, 0.05) is 24.4 Å². The summed E-state index contributed by atoms with van der Waals surface area (Å²) in [7, 11) is 0. The van der Waals surface area contributed by atoms with Crippen molar-refractivity contribution in [1.82, 2.24) is 5.32 Å². The van der Waals surface area contributed by atoms with Crippen LogP contribution in [0.2, 0.25) is 0 Å². The number of nitrogens with one attached hydrogen (secondary N) is 2. The number of ether oxygens (including phenoxy) is 1. The molecule has 24 heavy (non-hydrogen) atoms. The molecule has 0 saturated heterocycles. The summed E-state index contributed by atoms with van der Waals surface area (Å²) in [6.07, 6.45) is 0.521. The Morgan fingerprint density at radius 1 is 1.21 bits per heavy atom. The average Bonchev–Trinajstić information content (AvgIpc) is 2.53. The largest absolute Gasteiger partial charge is 0.489 e. The molecular weight excluding hydrogens is 304 g/mol. The zero-order chi connectivity index (χ0) is 17.4. The molecule has 5 nitrogen and oxygen atoms in total. The van der Waals surface area contributed by atoms with Gasteiger partial charge in [-0.15, -0.1) is 0 Å². The van der Waals surface area contributed by atoms with Crippen LogP contribution >= 0.6 is 0 Å². The van der Waals surface area contributed by atoms with Crippen molar-refractivity contribution < 1.29 is 14.6 Å². The number of aliphatic hydroxyl groups is 1. The molecule has 0 heterocycles. The smallest absolute Gasteiger partial charge is 0.319 e. The lowest BCUT2D eigenvalue weighted by atomic mass is 10.1. The van der Waals surface area contributed by atoms with E-state index in [1.165, 1.54) is 5.56 Å². The van der Waals surface area contributed by atoms with Crippen molar-refractivity contribution in [2.45, 2.75) is 32.9 Å². The highest BCUT2D eigenvalue weighted by Crippen LogP contribution is 2.19. The molecule has 2 rings (SSSR count). The quantitative estimate of drug-likeness (QED) is 0.729. The van der Waals surface area contributed by atoms with Gasteiger partial charge in [0.05, 0.1) is 0 Å². The molecule has 2 aromatic carbocycles. The number of urea groups is 1. The molecule has 0 saturated carbocycles. The van der Waals surface area contributed by atoms with Gasteiger partial charge in [-0.05, 0) is 38.0 Å². The maximum Gasteiger partial charge on any atom is 0.319 e. The van der Waals surface area contributed by atoms with Gasteiger partial charge in [-0.25, -0.2) is 4.79 Å². The van der Waals surface area contributed by atoms with Crippen LogP contribution in [-0.4, -0.2) is 23.8 Å². The summed E-state index contributed by atoms with van der Waals surface area (Å²) in [6.45, 7) is 4.41. The van der Waals surface area contributed by atoms with Gasteiger partial charge in [0.2, 0.25) is 0 Å². The van der Waals surface area contributed by atoms with Gasteiger partial charge in [-0.2, -0.15) is 0 Å². The fraction of sp³-hybridized carbons (Fsp3) is 0.316. The standard InChI is InChI=1S/C19H24N2O3/c1-14-5-3-6-16(11-14)13-24-18-8-4-7-17(12-18)21-19(23)20-15(2)9-10-22/h3-8,11-12,15,22H,9-10,13H2,1-2H3,(H2,20,21,23)/t15-/m1/s1. The van der Waals surface area contributed by atoms with Crippen LogP contribution in [0.4, 0.5) is 10.5 Å². The second-order valence-electron chi connectivity index (χ2n) is 5.82. The number of aryl methyl sites for hydroxylation is 1. The van der Waals surface area contributed by atoms with Gasteiger partial charge in [0.25, 0.3) is 0 Å². The summed E-state index contributed by atoms with van der Waals surface area (Å²) >= 11 is 0. The Bertz CT molecular complexity index is 673. The molecular formula is C19H24N2O3. The molecule has 128 valence electrons. The van der Waals surface area contributed by atoms with Gasteiger partial charge >= 0.3 is 6.03 Å². The van der Waals surface area contributed by atoms with Crippen LogP contribution in [0.15, 0.2) is 48.5 Å². The lowest BCUT2D eigenvalue weighted by Gasteiger charge is -2.14. The Labute approximate surface area is 142 Å². The van der Waals surface area contributed by atoms with E-state index in [2.05, 4.69) is 16.7 Å². The van der Waals surface area contributed by atoms with Gasteiger partial charge < -0.3 is 20.5 Å². The summed E-state index contributed by atoms with van der Waals surface area (Å²) < 4.78 is 5.78. The minimum absolute atomic E-state index is 0.0454. The van der Waals surface area contributed by atoms with Crippen LogP contribution in [0.5, 0.6) is 5.75 Å². The van der Waals surface area contributed by atoms with Crippen molar-refractivity contribution in [3.63, 3.8) is 0 Å².